The quantitative estimate of drug-likeness (QED) is 0.764. The van der Waals surface area contributed by atoms with Gasteiger partial charge in [0.05, 0.1) is 14.2 Å². The standard InChI is InChI=1S/C17H25NO4/c1-8-18-10(2)9-17(4,5)12-11(3)13(19)15(21-6)16(22-7)14(12)20/h9,18H,8H2,1-7H3/b10-9+. The molecule has 0 saturated heterocycles. The molecule has 0 aromatic heterocycles. The van der Waals surface area contributed by atoms with E-state index in [1.165, 1.54) is 14.2 Å². The van der Waals surface area contributed by atoms with Crippen molar-refractivity contribution in [2.45, 2.75) is 34.6 Å². The normalized spacial score (nSPS) is 17.1. The number of ketones is 2. The highest BCUT2D eigenvalue weighted by Crippen LogP contribution is 2.38. The van der Waals surface area contributed by atoms with Gasteiger partial charge in [0, 0.05) is 28.8 Å². The van der Waals surface area contributed by atoms with E-state index in [1.54, 1.807) is 6.92 Å². The van der Waals surface area contributed by atoms with Crippen LogP contribution in [0.4, 0.5) is 0 Å². The van der Waals surface area contributed by atoms with Crippen molar-refractivity contribution in [1.82, 2.24) is 5.32 Å². The molecule has 0 heterocycles. The van der Waals surface area contributed by atoms with E-state index in [0.29, 0.717) is 11.1 Å². The fourth-order valence-electron chi connectivity index (χ4n) is 2.86. The molecule has 0 radical (unpaired) electrons. The van der Waals surface area contributed by atoms with Gasteiger partial charge in [-0.15, -0.1) is 0 Å². The highest BCUT2D eigenvalue weighted by atomic mass is 16.5. The molecule has 22 heavy (non-hydrogen) atoms. The van der Waals surface area contributed by atoms with Gasteiger partial charge in [0.25, 0.3) is 0 Å². The number of hydrogen-bond acceptors (Lipinski definition) is 5. The molecular weight excluding hydrogens is 282 g/mol. The maximum Gasteiger partial charge on any atom is 0.228 e. The number of methoxy groups -OCH3 is 2. The molecule has 122 valence electrons. The van der Waals surface area contributed by atoms with Crippen molar-refractivity contribution >= 4 is 11.6 Å². The molecule has 0 atom stereocenters. The van der Waals surface area contributed by atoms with Crippen molar-refractivity contribution in [2.24, 2.45) is 5.41 Å². The predicted octanol–water partition coefficient (Wildman–Crippen LogP) is 2.50. The number of Topliss-reactive ketones (excluding diaryl/α,β-unsaturated/α-hetero) is 2. The Morgan fingerprint density at radius 1 is 1.14 bits per heavy atom. The predicted molar refractivity (Wildman–Crippen MR) is 85.0 cm³/mol. The topological polar surface area (TPSA) is 64.6 Å². The molecule has 0 unspecified atom stereocenters. The van der Waals surface area contributed by atoms with Gasteiger partial charge in [-0.2, -0.15) is 0 Å². The summed E-state index contributed by atoms with van der Waals surface area (Å²) in [6.07, 6.45) is 1.95. The summed E-state index contributed by atoms with van der Waals surface area (Å²) in [6, 6.07) is 0. The van der Waals surface area contributed by atoms with Crippen LogP contribution >= 0.6 is 0 Å². The Morgan fingerprint density at radius 3 is 2.09 bits per heavy atom. The second-order valence-corrected chi connectivity index (χ2v) is 5.80. The summed E-state index contributed by atoms with van der Waals surface area (Å²) in [4.78, 5) is 25.2. The molecule has 1 aliphatic carbocycles. The lowest BCUT2D eigenvalue weighted by Gasteiger charge is -2.30. The third-order valence-corrected chi connectivity index (χ3v) is 3.65. The van der Waals surface area contributed by atoms with E-state index in [-0.39, 0.29) is 23.1 Å². The van der Waals surface area contributed by atoms with Crippen molar-refractivity contribution in [3.63, 3.8) is 0 Å². The van der Waals surface area contributed by atoms with Gasteiger partial charge >= 0.3 is 0 Å². The van der Waals surface area contributed by atoms with Crippen LogP contribution in [0.15, 0.2) is 34.4 Å². The third-order valence-electron chi connectivity index (χ3n) is 3.65. The number of ether oxygens (including phenoxy) is 2. The first-order valence-electron chi connectivity index (χ1n) is 7.27. The highest BCUT2D eigenvalue weighted by Gasteiger charge is 2.40. The van der Waals surface area contributed by atoms with Gasteiger partial charge in [-0.25, -0.2) is 0 Å². The maximum absolute atomic E-state index is 12.7. The van der Waals surface area contributed by atoms with E-state index in [0.717, 1.165) is 12.2 Å². The number of nitrogens with one attached hydrogen (secondary N) is 1. The van der Waals surface area contributed by atoms with E-state index in [9.17, 15) is 9.59 Å². The summed E-state index contributed by atoms with van der Waals surface area (Å²) in [6.45, 7) is 10.2. The molecule has 0 bridgehead atoms. The second kappa shape index (κ2) is 6.81. The molecule has 5 heteroatoms. The summed E-state index contributed by atoms with van der Waals surface area (Å²) >= 11 is 0. The van der Waals surface area contributed by atoms with E-state index in [4.69, 9.17) is 9.47 Å². The first-order chi connectivity index (χ1) is 10.2. The number of allylic oxidation sites excluding steroid dienone is 4. The van der Waals surface area contributed by atoms with E-state index < -0.39 is 5.41 Å². The van der Waals surface area contributed by atoms with Gasteiger partial charge in [0.2, 0.25) is 23.1 Å². The van der Waals surface area contributed by atoms with Crippen molar-refractivity contribution in [3.05, 3.63) is 34.4 Å². The molecule has 0 amide bonds. The average molecular weight is 307 g/mol. The van der Waals surface area contributed by atoms with Crippen LogP contribution in [-0.4, -0.2) is 32.3 Å². The van der Waals surface area contributed by atoms with Crippen molar-refractivity contribution in [2.75, 3.05) is 20.8 Å². The molecule has 0 saturated carbocycles. The van der Waals surface area contributed by atoms with Gasteiger partial charge in [0.1, 0.15) is 0 Å². The van der Waals surface area contributed by atoms with Crippen LogP contribution in [0.25, 0.3) is 0 Å². The molecule has 1 N–H and O–H groups in total. The minimum absolute atomic E-state index is 0.0306. The lowest BCUT2D eigenvalue weighted by molar-refractivity contribution is -0.121. The zero-order chi connectivity index (χ0) is 17.1. The molecule has 5 nitrogen and oxygen atoms in total. The van der Waals surface area contributed by atoms with Gasteiger partial charge in [-0.3, -0.25) is 9.59 Å². The molecule has 0 aliphatic heterocycles. The summed E-state index contributed by atoms with van der Waals surface area (Å²) in [5.74, 6) is -0.675. The van der Waals surface area contributed by atoms with Crippen LogP contribution in [0.2, 0.25) is 0 Å². The molecule has 1 rings (SSSR count). The lowest BCUT2D eigenvalue weighted by Crippen LogP contribution is -2.32. The second-order valence-electron chi connectivity index (χ2n) is 5.80. The van der Waals surface area contributed by atoms with E-state index in [2.05, 4.69) is 5.32 Å². The number of carbonyl (C=O) groups excluding carboxylic acids is 2. The lowest BCUT2D eigenvalue weighted by atomic mass is 9.75. The van der Waals surface area contributed by atoms with Crippen LogP contribution in [-0.2, 0) is 19.1 Å². The smallest absolute Gasteiger partial charge is 0.228 e. The van der Waals surface area contributed by atoms with Crippen LogP contribution in [0, 0.1) is 5.41 Å². The van der Waals surface area contributed by atoms with Crippen LogP contribution in [0.1, 0.15) is 34.6 Å². The van der Waals surface area contributed by atoms with E-state index in [1.807, 2.05) is 33.8 Å². The van der Waals surface area contributed by atoms with Gasteiger partial charge in [-0.05, 0) is 20.8 Å². The van der Waals surface area contributed by atoms with Crippen molar-refractivity contribution in [3.8, 4) is 0 Å². The summed E-state index contributed by atoms with van der Waals surface area (Å²) < 4.78 is 10.2. The van der Waals surface area contributed by atoms with Gasteiger partial charge < -0.3 is 14.8 Å². The molecule has 0 aromatic rings. The Morgan fingerprint density at radius 2 is 1.64 bits per heavy atom. The number of rotatable bonds is 6. The Hall–Kier alpha value is -2.04. The highest BCUT2D eigenvalue weighted by molar-refractivity contribution is 6.24. The molecule has 0 spiro atoms. The van der Waals surface area contributed by atoms with Crippen LogP contribution in [0.3, 0.4) is 0 Å². The summed E-state index contributed by atoms with van der Waals surface area (Å²) in [7, 11) is 2.72. The first-order valence-corrected chi connectivity index (χ1v) is 7.27. The zero-order valence-electron chi connectivity index (χ0n) is 14.4. The SMILES string of the molecule is CCN/C(C)=C/C(C)(C)C1=C(C)C(=O)C(OC)=C(OC)C1=O. The zero-order valence-corrected chi connectivity index (χ0v) is 14.4. The minimum atomic E-state index is -0.605. The minimum Gasteiger partial charge on any atom is -0.489 e. The fraction of sp³-hybridized carbons (Fsp3) is 0.529. The Labute approximate surface area is 132 Å². The fourth-order valence-corrected chi connectivity index (χ4v) is 2.86. The van der Waals surface area contributed by atoms with Gasteiger partial charge in [0.15, 0.2) is 0 Å². The molecule has 0 fully saturated rings. The van der Waals surface area contributed by atoms with E-state index >= 15 is 0 Å². The molecule has 0 aromatic carbocycles. The summed E-state index contributed by atoms with van der Waals surface area (Å²) in [5, 5.41) is 3.20. The molecule has 1 aliphatic rings. The third kappa shape index (κ3) is 3.24. The van der Waals surface area contributed by atoms with Crippen molar-refractivity contribution in [1.29, 1.82) is 0 Å². The van der Waals surface area contributed by atoms with Crippen LogP contribution < -0.4 is 5.32 Å². The number of hydrogen-bond donors (Lipinski definition) is 1. The molecular formula is C17H25NO4. The monoisotopic (exact) mass is 307 g/mol. The number of carbonyl (C=O) groups is 2. The largest absolute Gasteiger partial charge is 0.489 e. The maximum atomic E-state index is 12.7. The van der Waals surface area contributed by atoms with Gasteiger partial charge in [-0.1, -0.05) is 19.9 Å². The average Bonchev–Trinajstić information content (AvgIpc) is 2.41. The summed E-state index contributed by atoms with van der Waals surface area (Å²) in [5.41, 5.74) is 1.18. The van der Waals surface area contributed by atoms with Crippen molar-refractivity contribution < 1.29 is 19.1 Å². The Kier molecular flexibility index (Phi) is 5.58. The first kappa shape index (κ1) is 18.0. The Balaban J connectivity index is 3.41. The van der Waals surface area contributed by atoms with Crippen LogP contribution in [0.5, 0.6) is 0 Å². The Bertz CT molecular complexity index is 579.